The van der Waals surface area contributed by atoms with Crippen LogP contribution in [0.3, 0.4) is 0 Å². The Bertz CT molecular complexity index is 1140. The number of carbonyl (C=O) groups is 2. The molecule has 0 saturated carbocycles. The molecule has 0 aliphatic carbocycles. The molecule has 33 heavy (non-hydrogen) atoms. The van der Waals surface area contributed by atoms with Crippen LogP contribution in [0, 0.1) is 0 Å². The van der Waals surface area contributed by atoms with Gasteiger partial charge in [0.05, 0.1) is 16.3 Å². The summed E-state index contributed by atoms with van der Waals surface area (Å²) < 4.78 is 38.1. The summed E-state index contributed by atoms with van der Waals surface area (Å²) in [5, 5.41) is 3.45. The molecule has 10 heteroatoms. The Morgan fingerprint density at radius 2 is 1.67 bits per heavy atom. The van der Waals surface area contributed by atoms with Crippen LogP contribution in [0.25, 0.3) is 11.3 Å². The Labute approximate surface area is 192 Å². The average molecular weight is 475 g/mol. The molecule has 3 amide bonds. The summed E-state index contributed by atoms with van der Waals surface area (Å²) in [6.07, 6.45) is -3.12. The number of nitrogens with two attached hydrogens (primary N) is 1. The molecule has 0 radical (unpaired) electrons. The van der Waals surface area contributed by atoms with Crippen LogP contribution in [0.15, 0.2) is 54.6 Å². The van der Waals surface area contributed by atoms with Gasteiger partial charge in [0.2, 0.25) is 0 Å². The molecule has 0 unspecified atom stereocenters. The van der Waals surface area contributed by atoms with Crippen molar-refractivity contribution in [3.63, 3.8) is 0 Å². The topological polar surface area (TPSA) is 88.3 Å². The van der Waals surface area contributed by atoms with Gasteiger partial charge in [-0.3, -0.25) is 4.79 Å². The summed E-state index contributed by atoms with van der Waals surface area (Å²) in [6.45, 7) is 0.923. The van der Waals surface area contributed by atoms with Crippen molar-refractivity contribution in [2.24, 2.45) is 5.73 Å². The largest absolute Gasteiger partial charge is 0.416 e. The van der Waals surface area contributed by atoms with E-state index in [0.717, 1.165) is 22.7 Å². The number of hydrogen-bond donors (Lipinski definition) is 2. The normalized spacial score (nSPS) is 14.8. The minimum Gasteiger partial charge on any atom is -0.365 e. The van der Waals surface area contributed by atoms with E-state index in [1.165, 1.54) is 23.5 Å². The second-order valence-corrected chi connectivity index (χ2v) is 8.76. The minimum atomic E-state index is -4.42. The molecule has 2 aromatic carbocycles. The Kier molecular flexibility index (Phi) is 6.37. The maximum Gasteiger partial charge on any atom is 0.416 e. The molecule has 1 aliphatic heterocycles. The van der Waals surface area contributed by atoms with Crippen molar-refractivity contribution in [1.29, 1.82) is 0 Å². The zero-order valence-electron chi connectivity index (χ0n) is 17.4. The molecular weight excluding hydrogens is 453 g/mol. The van der Waals surface area contributed by atoms with Gasteiger partial charge in [0, 0.05) is 30.3 Å². The number of carbonyl (C=O) groups excluding carboxylic acids is 2. The van der Waals surface area contributed by atoms with Gasteiger partial charge in [-0.25, -0.2) is 9.78 Å². The highest BCUT2D eigenvalue weighted by molar-refractivity contribution is 7.14. The van der Waals surface area contributed by atoms with Gasteiger partial charge in [-0.05, 0) is 37.1 Å². The summed E-state index contributed by atoms with van der Waals surface area (Å²) in [6, 6.07) is 13.3. The zero-order chi connectivity index (χ0) is 23.6. The highest BCUT2D eigenvalue weighted by atomic mass is 32.1. The van der Waals surface area contributed by atoms with Crippen molar-refractivity contribution in [2.45, 2.75) is 24.9 Å². The molecule has 1 aliphatic rings. The van der Waals surface area contributed by atoms with E-state index in [1.807, 2.05) is 30.3 Å². The van der Waals surface area contributed by atoms with E-state index in [0.29, 0.717) is 42.2 Å². The minimum absolute atomic E-state index is 0.0840. The standard InChI is InChI=1S/C23H21F3N4O2S/c24-23(25,26)16-6-8-17(9-7-16)28-22(32)30-12-10-15(11-13-30)21-29-18(19(33-21)20(27)31)14-4-2-1-3-5-14/h1-9,15H,10-13H2,(H2,27,31)(H,28,32). The predicted molar refractivity (Wildman–Crippen MR) is 120 cm³/mol. The second-order valence-electron chi connectivity index (χ2n) is 7.73. The van der Waals surface area contributed by atoms with E-state index in [2.05, 4.69) is 5.32 Å². The van der Waals surface area contributed by atoms with Crippen molar-refractivity contribution in [1.82, 2.24) is 9.88 Å². The van der Waals surface area contributed by atoms with Gasteiger partial charge < -0.3 is 16.0 Å². The molecule has 3 aromatic rings. The first-order valence-corrected chi connectivity index (χ1v) is 11.1. The highest BCUT2D eigenvalue weighted by Crippen LogP contribution is 2.36. The van der Waals surface area contributed by atoms with E-state index in [4.69, 9.17) is 10.7 Å². The van der Waals surface area contributed by atoms with E-state index in [-0.39, 0.29) is 11.9 Å². The number of amides is 3. The van der Waals surface area contributed by atoms with Gasteiger partial charge in [-0.2, -0.15) is 13.2 Å². The van der Waals surface area contributed by atoms with Gasteiger partial charge in [0.1, 0.15) is 4.88 Å². The number of anilines is 1. The number of primary amides is 1. The molecule has 4 rings (SSSR count). The molecule has 1 saturated heterocycles. The molecule has 2 heterocycles. The number of piperidine rings is 1. The fourth-order valence-corrected chi connectivity index (χ4v) is 4.85. The lowest BCUT2D eigenvalue weighted by Gasteiger charge is -2.31. The lowest BCUT2D eigenvalue weighted by Crippen LogP contribution is -2.40. The number of halogens is 3. The number of hydrogen-bond acceptors (Lipinski definition) is 4. The molecular formula is C23H21F3N4O2S. The second kappa shape index (κ2) is 9.22. The summed E-state index contributed by atoms with van der Waals surface area (Å²) in [7, 11) is 0. The third-order valence-electron chi connectivity index (χ3n) is 5.51. The SMILES string of the molecule is NC(=O)c1sc(C2CCN(C(=O)Nc3ccc(C(F)(F)F)cc3)CC2)nc1-c1ccccc1. The van der Waals surface area contributed by atoms with Crippen LogP contribution in [-0.2, 0) is 6.18 Å². The average Bonchev–Trinajstić information content (AvgIpc) is 3.25. The molecule has 0 atom stereocenters. The third kappa shape index (κ3) is 5.16. The highest BCUT2D eigenvalue weighted by Gasteiger charge is 2.31. The predicted octanol–water partition coefficient (Wildman–Crippen LogP) is 5.34. The molecule has 1 fully saturated rings. The Balaban J connectivity index is 1.40. The maximum atomic E-state index is 12.7. The number of likely N-dealkylation sites (tertiary alicyclic amines) is 1. The van der Waals surface area contributed by atoms with Gasteiger partial charge in [-0.15, -0.1) is 11.3 Å². The number of thiazole rings is 1. The summed E-state index contributed by atoms with van der Waals surface area (Å²) in [5.41, 5.74) is 6.50. The maximum absolute atomic E-state index is 12.7. The lowest BCUT2D eigenvalue weighted by atomic mass is 9.97. The van der Waals surface area contributed by atoms with Crippen LogP contribution in [0.1, 0.15) is 39.0 Å². The Morgan fingerprint density at radius 1 is 1.03 bits per heavy atom. The molecule has 3 N–H and O–H groups in total. The van der Waals surface area contributed by atoms with E-state index in [9.17, 15) is 22.8 Å². The van der Waals surface area contributed by atoms with Crippen LogP contribution >= 0.6 is 11.3 Å². The van der Waals surface area contributed by atoms with Gasteiger partial charge in [0.15, 0.2) is 0 Å². The lowest BCUT2D eigenvalue weighted by molar-refractivity contribution is -0.137. The first kappa shape index (κ1) is 22.8. The van der Waals surface area contributed by atoms with Crippen molar-refractivity contribution in [2.75, 3.05) is 18.4 Å². The number of nitrogens with zero attached hydrogens (tertiary/aromatic N) is 2. The number of aromatic nitrogens is 1. The summed E-state index contributed by atoms with van der Waals surface area (Å²) in [4.78, 5) is 31.2. The van der Waals surface area contributed by atoms with Crippen LogP contribution in [0.5, 0.6) is 0 Å². The van der Waals surface area contributed by atoms with E-state index < -0.39 is 17.6 Å². The zero-order valence-corrected chi connectivity index (χ0v) is 18.2. The first-order chi connectivity index (χ1) is 15.7. The number of nitrogens with one attached hydrogen (secondary N) is 1. The monoisotopic (exact) mass is 474 g/mol. The smallest absolute Gasteiger partial charge is 0.365 e. The Hall–Kier alpha value is -3.40. The van der Waals surface area contributed by atoms with Crippen LogP contribution in [-0.4, -0.2) is 34.9 Å². The van der Waals surface area contributed by atoms with E-state index >= 15 is 0 Å². The van der Waals surface area contributed by atoms with Gasteiger partial charge in [-0.1, -0.05) is 30.3 Å². The van der Waals surface area contributed by atoms with Crippen molar-refractivity contribution in [3.05, 3.63) is 70.0 Å². The van der Waals surface area contributed by atoms with E-state index in [1.54, 1.807) is 4.90 Å². The first-order valence-electron chi connectivity index (χ1n) is 10.3. The fraction of sp³-hybridized carbons (Fsp3) is 0.261. The van der Waals surface area contributed by atoms with Gasteiger partial charge >= 0.3 is 12.2 Å². The molecule has 6 nitrogen and oxygen atoms in total. The number of alkyl halides is 3. The van der Waals surface area contributed by atoms with Crippen LogP contribution < -0.4 is 11.1 Å². The molecule has 0 spiro atoms. The third-order valence-corrected chi connectivity index (χ3v) is 6.74. The van der Waals surface area contributed by atoms with Crippen LogP contribution in [0.4, 0.5) is 23.7 Å². The Morgan fingerprint density at radius 3 is 2.24 bits per heavy atom. The molecule has 1 aromatic heterocycles. The van der Waals surface area contributed by atoms with Crippen molar-refractivity contribution in [3.8, 4) is 11.3 Å². The van der Waals surface area contributed by atoms with Crippen LogP contribution in [0.2, 0.25) is 0 Å². The van der Waals surface area contributed by atoms with Crippen molar-refractivity contribution < 1.29 is 22.8 Å². The molecule has 0 bridgehead atoms. The fourth-order valence-electron chi connectivity index (χ4n) is 3.74. The molecule has 172 valence electrons. The van der Waals surface area contributed by atoms with Crippen molar-refractivity contribution >= 4 is 29.0 Å². The number of rotatable bonds is 4. The summed E-state index contributed by atoms with van der Waals surface area (Å²) >= 11 is 1.29. The summed E-state index contributed by atoms with van der Waals surface area (Å²) in [5.74, 6) is -0.438. The van der Waals surface area contributed by atoms with Gasteiger partial charge in [0.25, 0.3) is 5.91 Å². The number of benzene rings is 2. The quantitative estimate of drug-likeness (QED) is 0.535. The number of urea groups is 1.